The van der Waals surface area contributed by atoms with E-state index in [0.717, 1.165) is 0 Å². The van der Waals surface area contributed by atoms with Crippen LogP contribution in [0, 0.1) is 0 Å². The van der Waals surface area contributed by atoms with E-state index in [1.54, 1.807) is 7.11 Å². The molecular formula is C22H20OS. The van der Waals surface area contributed by atoms with Crippen molar-refractivity contribution in [3.05, 3.63) is 108 Å². The molecule has 1 heterocycles. The Balaban J connectivity index is 1.95. The first kappa shape index (κ1) is 16.6. The van der Waals surface area contributed by atoms with Crippen LogP contribution in [0.1, 0.15) is 11.1 Å². The Morgan fingerprint density at radius 2 is 1.38 bits per heavy atom. The van der Waals surface area contributed by atoms with Gasteiger partial charge < -0.3 is 4.74 Å². The van der Waals surface area contributed by atoms with Crippen LogP contribution >= 0.6 is 11.8 Å². The van der Waals surface area contributed by atoms with E-state index in [9.17, 15) is 0 Å². The van der Waals surface area contributed by atoms with Crippen molar-refractivity contribution in [3.8, 4) is 0 Å². The molecule has 2 aromatic rings. The topological polar surface area (TPSA) is 9.23 Å². The van der Waals surface area contributed by atoms with Crippen LogP contribution in [-0.4, -0.2) is 13.7 Å². The molecule has 1 nitrogen and oxygen atoms in total. The smallest absolute Gasteiger partial charge is 0.0646 e. The predicted molar refractivity (Wildman–Crippen MR) is 106 cm³/mol. The van der Waals surface area contributed by atoms with Crippen molar-refractivity contribution >= 4 is 21.6 Å². The second kappa shape index (κ2) is 8.53. The molecule has 1 aliphatic heterocycles. The van der Waals surface area contributed by atoms with Crippen molar-refractivity contribution in [2.24, 2.45) is 0 Å². The third-order valence-electron chi connectivity index (χ3n) is 3.62. The average molecular weight is 332 g/mol. The second-order valence-electron chi connectivity index (χ2n) is 5.40. The van der Waals surface area contributed by atoms with Gasteiger partial charge in [0.1, 0.15) is 0 Å². The number of hydrogen-bond acceptors (Lipinski definition) is 2. The lowest BCUT2D eigenvalue weighted by Crippen LogP contribution is -1.91. The van der Waals surface area contributed by atoms with Gasteiger partial charge in [-0.05, 0) is 28.9 Å². The minimum Gasteiger partial charge on any atom is -0.381 e. The van der Waals surface area contributed by atoms with Crippen LogP contribution in [0.15, 0.2) is 96.6 Å². The van der Waals surface area contributed by atoms with Gasteiger partial charge in [-0.2, -0.15) is 0 Å². The Labute approximate surface area is 148 Å². The second-order valence-corrected chi connectivity index (χ2v) is 6.49. The summed E-state index contributed by atoms with van der Waals surface area (Å²) in [7, 11) is 1.70. The van der Waals surface area contributed by atoms with Gasteiger partial charge in [0.2, 0.25) is 0 Å². The van der Waals surface area contributed by atoms with Gasteiger partial charge >= 0.3 is 0 Å². The van der Waals surface area contributed by atoms with Crippen LogP contribution in [-0.2, 0) is 4.74 Å². The monoisotopic (exact) mass is 332 g/mol. The summed E-state index contributed by atoms with van der Waals surface area (Å²) in [5.41, 5.74) is 3.69. The van der Waals surface area contributed by atoms with Gasteiger partial charge in [0, 0.05) is 16.9 Å². The van der Waals surface area contributed by atoms with E-state index in [4.69, 9.17) is 4.74 Å². The zero-order valence-corrected chi connectivity index (χ0v) is 14.5. The van der Waals surface area contributed by atoms with Crippen LogP contribution in [0.4, 0.5) is 0 Å². The molecule has 0 radical (unpaired) electrons. The molecule has 0 saturated heterocycles. The first-order chi connectivity index (χ1) is 11.9. The summed E-state index contributed by atoms with van der Waals surface area (Å²) in [5.74, 6) is 0. The number of hydrogen-bond donors (Lipinski definition) is 0. The maximum Gasteiger partial charge on any atom is 0.0646 e. The Morgan fingerprint density at radius 1 is 0.833 bits per heavy atom. The van der Waals surface area contributed by atoms with Gasteiger partial charge in [-0.3, -0.25) is 0 Å². The number of rotatable bonds is 5. The summed E-state index contributed by atoms with van der Waals surface area (Å²) >= 11 is 1.82. The van der Waals surface area contributed by atoms with Gasteiger partial charge in [0.05, 0.1) is 6.61 Å². The number of benzene rings is 2. The normalized spacial score (nSPS) is 14.5. The van der Waals surface area contributed by atoms with Crippen molar-refractivity contribution in [2.75, 3.05) is 13.7 Å². The Bertz CT molecular complexity index is 726. The van der Waals surface area contributed by atoms with E-state index < -0.39 is 0 Å². The van der Waals surface area contributed by atoms with E-state index in [2.05, 4.69) is 78.9 Å². The maximum absolute atomic E-state index is 5.06. The maximum atomic E-state index is 5.06. The highest BCUT2D eigenvalue weighted by molar-refractivity contribution is 8.16. The van der Waals surface area contributed by atoms with Crippen molar-refractivity contribution in [1.29, 1.82) is 0 Å². The van der Waals surface area contributed by atoms with Gasteiger partial charge in [-0.25, -0.2) is 0 Å². The molecule has 0 fully saturated rings. The third-order valence-corrected chi connectivity index (χ3v) is 4.77. The Kier molecular flexibility index (Phi) is 5.89. The zero-order chi connectivity index (χ0) is 16.6. The van der Waals surface area contributed by atoms with Gasteiger partial charge in [-0.15, -0.1) is 0 Å². The quantitative estimate of drug-likeness (QED) is 0.669. The molecule has 0 amide bonds. The van der Waals surface area contributed by atoms with Crippen molar-refractivity contribution in [1.82, 2.24) is 0 Å². The highest BCUT2D eigenvalue weighted by Gasteiger charge is 2.13. The lowest BCUT2D eigenvalue weighted by Gasteiger charge is -2.17. The van der Waals surface area contributed by atoms with Crippen LogP contribution in [0.5, 0.6) is 0 Å². The molecule has 2 heteroatoms. The van der Waals surface area contributed by atoms with Gasteiger partial charge in [0.25, 0.3) is 0 Å². The largest absolute Gasteiger partial charge is 0.381 e. The van der Waals surface area contributed by atoms with Crippen molar-refractivity contribution in [2.45, 2.75) is 0 Å². The van der Waals surface area contributed by atoms with E-state index in [-0.39, 0.29) is 0 Å². The van der Waals surface area contributed by atoms with Gasteiger partial charge in [-0.1, -0.05) is 90.7 Å². The first-order valence-corrected chi connectivity index (χ1v) is 8.76. The molecule has 0 aromatic heterocycles. The average Bonchev–Trinajstić information content (AvgIpc) is 2.66. The summed E-state index contributed by atoms with van der Waals surface area (Å²) in [6.45, 7) is 0.628. The molecule has 0 aliphatic carbocycles. The molecule has 0 bridgehead atoms. The van der Waals surface area contributed by atoms with Crippen LogP contribution in [0.3, 0.4) is 0 Å². The molecular weight excluding hydrogens is 312 g/mol. The predicted octanol–water partition coefficient (Wildman–Crippen LogP) is 5.94. The Morgan fingerprint density at radius 3 is 1.88 bits per heavy atom. The Hall–Kier alpha value is -2.29. The van der Waals surface area contributed by atoms with E-state index in [1.807, 2.05) is 23.9 Å². The fourth-order valence-electron chi connectivity index (χ4n) is 2.44. The highest BCUT2D eigenvalue weighted by atomic mass is 32.2. The molecule has 0 unspecified atom stereocenters. The highest BCUT2D eigenvalue weighted by Crippen LogP contribution is 2.43. The molecule has 0 atom stereocenters. The fourth-order valence-corrected chi connectivity index (χ4v) is 3.57. The SMILES string of the molecule is COC/C=C/C=C1C=C(c2ccccc2)SC(c2ccccc2)=C1. The van der Waals surface area contributed by atoms with E-state index in [0.29, 0.717) is 6.61 Å². The summed E-state index contributed by atoms with van der Waals surface area (Å²) < 4.78 is 5.06. The molecule has 1 aliphatic rings. The third kappa shape index (κ3) is 4.38. The fraction of sp³-hybridized carbons (Fsp3) is 0.0909. The van der Waals surface area contributed by atoms with Crippen LogP contribution < -0.4 is 0 Å². The number of allylic oxidation sites excluding steroid dienone is 5. The molecule has 0 spiro atoms. The van der Waals surface area contributed by atoms with Gasteiger partial charge in [0.15, 0.2) is 0 Å². The number of ether oxygens (including phenoxy) is 1. The van der Waals surface area contributed by atoms with Crippen molar-refractivity contribution < 1.29 is 4.74 Å². The lowest BCUT2D eigenvalue weighted by atomic mass is 10.1. The standard InChI is InChI=1S/C22H20OS/c1-23-15-9-8-10-18-16-21(19-11-4-2-5-12-19)24-22(17-18)20-13-6-3-7-14-20/h2-14,16-17H,15H2,1H3/b9-8+. The first-order valence-electron chi connectivity index (χ1n) is 7.94. The summed E-state index contributed by atoms with van der Waals surface area (Å²) in [6.07, 6.45) is 10.7. The molecule has 3 rings (SSSR count). The lowest BCUT2D eigenvalue weighted by molar-refractivity contribution is 0.234. The van der Waals surface area contributed by atoms with Crippen molar-refractivity contribution in [3.63, 3.8) is 0 Å². The van der Waals surface area contributed by atoms with E-state index >= 15 is 0 Å². The number of methoxy groups -OCH3 is 1. The minimum absolute atomic E-state index is 0.628. The summed E-state index contributed by atoms with van der Waals surface area (Å²) in [6, 6.07) is 21.1. The van der Waals surface area contributed by atoms with Crippen LogP contribution in [0.2, 0.25) is 0 Å². The zero-order valence-electron chi connectivity index (χ0n) is 13.7. The molecule has 0 saturated carbocycles. The molecule has 24 heavy (non-hydrogen) atoms. The molecule has 2 aromatic carbocycles. The van der Waals surface area contributed by atoms with E-state index in [1.165, 1.54) is 26.5 Å². The number of thioether (sulfide) groups is 1. The summed E-state index contributed by atoms with van der Waals surface area (Å²) in [5, 5.41) is 0. The molecule has 120 valence electrons. The summed E-state index contributed by atoms with van der Waals surface area (Å²) in [4.78, 5) is 2.53. The minimum atomic E-state index is 0.628. The molecule has 0 N–H and O–H groups in total. The van der Waals surface area contributed by atoms with Crippen LogP contribution in [0.25, 0.3) is 9.81 Å².